The first-order valence-corrected chi connectivity index (χ1v) is 7.11. The number of carbonyl (C=O) groups excluding carboxylic acids is 1. The second kappa shape index (κ2) is 6.34. The second-order valence-corrected chi connectivity index (χ2v) is 5.57. The highest BCUT2D eigenvalue weighted by molar-refractivity contribution is 9.10. The average molecular weight is 312 g/mol. The van der Waals surface area contributed by atoms with Crippen LogP contribution in [0.5, 0.6) is 0 Å². The van der Waals surface area contributed by atoms with Gasteiger partial charge in [-0.2, -0.15) is 0 Å². The van der Waals surface area contributed by atoms with E-state index in [1.165, 1.54) is 0 Å². The van der Waals surface area contributed by atoms with Gasteiger partial charge >= 0.3 is 0 Å². The van der Waals surface area contributed by atoms with Crippen molar-refractivity contribution in [1.82, 2.24) is 5.32 Å². The van der Waals surface area contributed by atoms with Crippen molar-refractivity contribution in [2.45, 2.75) is 31.8 Å². The third kappa shape index (κ3) is 3.56. The van der Waals surface area contributed by atoms with Crippen LogP contribution in [0, 0.1) is 0 Å². The minimum atomic E-state index is -0.125. The number of amides is 1. The Morgan fingerprint density at radius 1 is 1.50 bits per heavy atom. The van der Waals surface area contributed by atoms with Gasteiger partial charge in [0.15, 0.2) is 0 Å². The van der Waals surface area contributed by atoms with E-state index in [-0.39, 0.29) is 17.9 Å². The van der Waals surface area contributed by atoms with Crippen molar-refractivity contribution in [3.63, 3.8) is 0 Å². The van der Waals surface area contributed by atoms with Crippen molar-refractivity contribution in [1.29, 1.82) is 0 Å². The highest BCUT2D eigenvalue weighted by atomic mass is 79.9. The molecule has 0 aromatic heterocycles. The SMILES string of the molecule is CC(C(=O)NCC1CCCO1)c1ccc(Br)cc1. The predicted molar refractivity (Wildman–Crippen MR) is 74.5 cm³/mol. The number of halogens is 1. The average Bonchev–Trinajstić information content (AvgIpc) is 2.89. The Bertz CT molecular complexity index is 399. The molecule has 1 aromatic rings. The molecule has 1 aliphatic heterocycles. The van der Waals surface area contributed by atoms with Gasteiger partial charge in [0.1, 0.15) is 0 Å². The lowest BCUT2D eigenvalue weighted by molar-refractivity contribution is -0.122. The largest absolute Gasteiger partial charge is 0.376 e. The number of benzene rings is 1. The first-order chi connectivity index (χ1) is 8.66. The van der Waals surface area contributed by atoms with Gasteiger partial charge in [-0.3, -0.25) is 4.79 Å². The topological polar surface area (TPSA) is 38.3 Å². The zero-order valence-electron chi connectivity index (χ0n) is 10.5. The molecular weight excluding hydrogens is 294 g/mol. The van der Waals surface area contributed by atoms with Crippen molar-refractivity contribution in [2.75, 3.05) is 13.2 Å². The fourth-order valence-electron chi connectivity index (χ4n) is 2.08. The molecule has 2 rings (SSSR count). The first-order valence-electron chi connectivity index (χ1n) is 6.31. The highest BCUT2D eigenvalue weighted by Gasteiger charge is 2.19. The van der Waals surface area contributed by atoms with Crippen LogP contribution in [0.2, 0.25) is 0 Å². The molecule has 2 atom stereocenters. The van der Waals surface area contributed by atoms with Crippen LogP contribution in [0.4, 0.5) is 0 Å². The molecule has 3 nitrogen and oxygen atoms in total. The molecule has 18 heavy (non-hydrogen) atoms. The van der Waals surface area contributed by atoms with E-state index in [9.17, 15) is 4.79 Å². The van der Waals surface area contributed by atoms with Crippen molar-refractivity contribution in [2.24, 2.45) is 0 Å². The molecule has 1 heterocycles. The summed E-state index contributed by atoms with van der Waals surface area (Å²) < 4.78 is 6.51. The van der Waals surface area contributed by atoms with Crippen molar-refractivity contribution >= 4 is 21.8 Å². The summed E-state index contributed by atoms with van der Waals surface area (Å²) in [7, 11) is 0. The monoisotopic (exact) mass is 311 g/mol. The Morgan fingerprint density at radius 2 is 2.22 bits per heavy atom. The fraction of sp³-hybridized carbons (Fsp3) is 0.500. The van der Waals surface area contributed by atoms with E-state index in [2.05, 4.69) is 21.2 Å². The molecule has 0 radical (unpaired) electrons. The molecule has 0 aliphatic carbocycles. The minimum absolute atomic E-state index is 0.0628. The van der Waals surface area contributed by atoms with E-state index < -0.39 is 0 Å². The maximum absolute atomic E-state index is 12.0. The van der Waals surface area contributed by atoms with Gasteiger partial charge in [0.25, 0.3) is 0 Å². The van der Waals surface area contributed by atoms with E-state index in [4.69, 9.17) is 4.74 Å². The molecule has 1 fully saturated rings. The van der Waals surface area contributed by atoms with Gasteiger partial charge in [-0.15, -0.1) is 0 Å². The number of carbonyl (C=O) groups is 1. The quantitative estimate of drug-likeness (QED) is 0.928. The number of ether oxygens (including phenoxy) is 1. The number of nitrogens with one attached hydrogen (secondary N) is 1. The molecule has 0 bridgehead atoms. The van der Waals surface area contributed by atoms with Crippen LogP contribution in [-0.2, 0) is 9.53 Å². The van der Waals surface area contributed by atoms with Gasteiger partial charge in [0.05, 0.1) is 12.0 Å². The third-order valence-corrected chi connectivity index (χ3v) is 3.82. The van der Waals surface area contributed by atoms with Crippen LogP contribution < -0.4 is 5.32 Å². The Balaban J connectivity index is 1.85. The minimum Gasteiger partial charge on any atom is -0.376 e. The maximum atomic E-state index is 12.0. The number of rotatable bonds is 4. The van der Waals surface area contributed by atoms with Crippen LogP contribution in [0.15, 0.2) is 28.7 Å². The van der Waals surface area contributed by atoms with Crippen LogP contribution in [0.1, 0.15) is 31.2 Å². The van der Waals surface area contributed by atoms with Crippen LogP contribution >= 0.6 is 15.9 Å². The molecule has 2 unspecified atom stereocenters. The van der Waals surface area contributed by atoms with Gasteiger partial charge in [0.2, 0.25) is 5.91 Å². The normalized spacial score (nSPS) is 20.7. The molecule has 1 aromatic carbocycles. The zero-order valence-corrected chi connectivity index (χ0v) is 12.1. The van der Waals surface area contributed by atoms with E-state index in [1.807, 2.05) is 31.2 Å². The molecule has 1 saturated heterocycles. The summed E-state index contributed by atoms with van der Waals surface area (Å²) in [6, 6.07) is 7.86. The Labute approximate surface area is 116 Å². The van der Waals surface area contributed by atoms with Crippen molar-refractivity contribution < 1.29 is 9.53 Å². The van der Waals surface area contributed by atoms with Gasteiger partial charge in [-0.25, -0.2) is 0 Å². The van der Waals surface area contributed by atoms with Gasteiger partial charge in [0, 0.05) is 17.6 Å². The summed E-state index contributed by atoms with van der Waals surface area (Å²) in [5, 5.41) is 2.96. The van der Waals surface area contributed by atoms with Gasteiger partial charge in [-0.05, 0) is 37.5 Å². The molecular formula is C14H18BrNO2. The van der Waals surface area contributed by atoms with Crippen molar-refractivity contribution in [3.8, 4) is 0 Å². The Morgan fingerprint density at radius 3 is 2.83 bits per heavy atom. The van der Waals surface area contributed by atoms with Crippen molar-refractivity contribution in [3.05, 3.63) is 34.3 Å². The summed E-state index contributed by atoms with van der Waals surface area (Å²) in [6.07, 6.45) is 2.35. The molecule has 1 amide bonds. The second-order valence-electron chi connectivity index (χ2n) is 4.65. The predicted octanol–water partition coefficient (Wildman–Crippen LogP) is 2.85. The van der Waals surface area contributed by atoms with E-state index in [1.54, 1.807) is 0 Å². The van der Waals surface area contributed by atoms with E-state index in [0.717, 1.165) is 29.5 Å². The summed E-state index contributed by atoms with van der Waals surface area (Å²) >= 11 is 3.39. The number of hydrogen-bond acceptors (Lipinski definition) is 2. The first kappa shape index (κ1) is 13.6. The van der Waals surface area contributed by atoms with Crippen LogP contribution in [0.25, 0.3) is 0 Å². The molecule has 4 heteroatoms. The molecule has 0 saturated carbocycles. The molecule has 1 N–H and O–H groups in total. The Hall–Kier alpha value is -0.870. The van der Waals surface area contributed by atoms with Gasteiger partial charge in [-0.1, -0.05) is 28.1 Å². The van der Waals surface area contributed by atoms with Gasteiger partial charge < -0.3 is 10.1 Å². The summed E-state index contributed by atoms with van der Waals surface area (Å²) in [5.41, 5.74) is 1.03. The van der Waals surface area contributed by atoms with Crippen LogP contribution in [-0.4, -0.2) is 25.2 Å². The summed E-state index contributed by atoms with van der Waals surface area (Å²) in [4.78, 5) is 12.0. The summed E-state index contributed by atoms with van der Waals surface area (Å²) in [5.74, 6) is -0.0627. The highest BCUT2D eigenvalue weighted by Crippen LogP contribution is 2.19. The smallest absolute Gasteiger partial charge is 0.227 e. The third-order valence-electron chi connectivity index (χ3n) is 3.29. The zero-order chi connectivity index (χ0) is 13.0. The lowest BCUT2D eigenvalue weighted by Gasteiger charge is -2.15. The molecule has 0 spiro atoms. The van der Waals surface area contributed by atoms with E-state index in [0.29, 0.717) is 6.54 Å². The summed E-state index contributed by atoms with van der Waals surface area (Å²) in [6.45, 7) is 3.37. The standard InChI is InChI=1S/C14H18BrNO2/c1-10(11-4-6-12(15)7-5-11)14(17)16-9-13-3-2-8-18-13/h4-7,10,13H,2-3,8-9H2,1H3,(H,16,17). The maximum Gasteiger partial charge on any atom is 0.227 e. The molecule has 1 aliphatic rings. The molecule has 98 valence electrons. The fourth-order valence-corrected chi connectivity index (χ4v) is 2.34. The number of hydrogen-bond donors (Lipinski definition) is 1. The lowest BCUT2D eigenvalue weighted by atomic mass is 10.0. The lowest BCUT2D eigenvalue weighted by Crippen LogP contribution is -2.34. The Kier molecular flexibility index (Phi) is 4.78. The van der Waals surface area contributed by atoms with Crippen LogP contribution in [0.3, 0.4) is 0 Å². The van der Waals surface area contributed by atoms with E-state index >= 15 is 0 Å².